The number of hydrazine groups is 1. The average Bonchev–Trinajstić information content (AvgIpc) is 3.35. The van der Waals surface area contributed by atoms with Gasteiger partial charge in [0, 0.05) is 13.1 Å². The Bertz CT molecular complexity index is 930. The van der Waals surface area contributed by atoms with Crippen molar-refractivity contribution in [2.24, 2.45) is 5.92 Å². The van der Waals surface area contributed by atoms with Crippen molar-refractivity contribution >= 4 is 17.5 Å². The molecule has 3 aliphatic heterocycles. The van der Waals surface area contributed by atoms with Crippen molar-refractivity contribution in [3.8, 4) is 5.75 Å². The lowest BCUT2D eigenvalue weighted by atomic mass is 9.81. The quantitative estimate of drug-likeness (QED) is 0.770. The third kappa shape index (κ3) is 2.16. The lowest BCUT2D eigenvalue weighted by Crippen LogP contribution is -2.52. The van der Waals surface area contributed by atoms with Crippen molar-refractivity contribution in [3.63, 3.8) is 0 Å². The van der Waals surface area contributed by atoms with Gasteiger partial charge in [0.25, 0.3) is 5.91 Å². The Hall–Kier alpha value is -2.70. The van der Waals surface area contributed by atoms with Gasteiger partial charge in [0.1, 0.15) is 11.3 Å². The number of rotatable bonds is 3. The molecule has 0 aliphatic carbocycles. The lowest BCUT2D eigenvalue weighted by Gasteiger charge is -2.33. The Morgan fingerprint density at radius 3 is 2.39 bits per heavy atom. The van der Waals surface area contributed by atoms with E-state index in [-0.39, 0.29) is 17.9 Å². The fraction of sp³-hybridized carbons (Fsp3) is 0.364. The van der Waals surface area contributed by atoms with E-state index in [1.807, 2.05) is 25.1 Å². The number of methoxy groups -OCH3 is 1. The fourth-order valence-electron chi connectivity index (χ4n) is 5.13. The highest BCUT2D eigenvalue weighted by Gasteiger charge is 2.70. The minimum Gasteiger partial charge on any atom is -0.497 e. The molecule has 3 fully saturated rings. The van der Waals surface area contributed by atoms with Crippen LogP contribution >= 0.6 is 0 Å². The van der Waals surface area contributed by atoms with Crippen LogP contribution in [0.4, 0.5) is 5.69 Å². The zero-order valence-electron chi connectivity index (χ0n) is 16.0. The highest BCUT2D eigenvalue weighted by molar-refractivity contribution is 6.26. The van der Waals surface area contributed by atoms with E-state index >= 15 is 0 Å². The van der Waals surface area contributed by atoms with Crippen LogP contribution in [0.1, 0.15) is 24.9 Å². The second-order valence-corrected chi connectivity index (χ2v) is 7.80. The molecule has 3 saturated heterocycles. The summed E-state index contributed by atoms with van der Waals surface area (Å²) < 4.78 is 5.21. The first-order chi connectivity index (χ1) is 13.6. The first-order valence-electron chi connectivity index (χ1n) is 9.69. The van der Waals surface area contributed by atoms with Gasteiger partial charge >= 0.3 is 0 Å². The molecule has 0 spiro atoms. The molecule has 3 aliphatic rings. The van der Waals surface area contributed by atoms with Crippen molar-refractivity contribution in [3.05, 3.63) is 60.2 Å². The van der Waals surface area contributed by atoms with E-state index in [1.165, 1.54) is 4.90 Å². The number of hydrogen-bond donors (Lipinski definition) is 0. The average molecular weight is 377 g/mol. The van der Waals surface area contributed by atoms with Crippen molar-refractivity contribution in [2.75, 3.05) is 25.1 Å². The van der Waals surface area contributed by atoms with Gasteiger partial charge in [0.2, 0.25) is 5.91 Å². The van der Waals surface area contributed by atoms with Gasteiger partial charge in [-0.25, -0.2) is 14.9 Å². The molecule has 2 amide bonds. The van der Waals surface area contributed by atoms with Crippen molar-refractivity contribution in [2.45, 2.75) is 24.9 Å². The van der Waals surface area contributed by atoms with Crippen LogP contribution in [0, 0.1) is 5.92 Å². The number of amides is 2. The standard InChI is InChI=1S/C22H23N3O3/c1-22-18(19(15-7-4-3-5-8-15)23-13-6-14-24(22)23)20(26)25(21(22)27)16-9-11-17(28-2)12-10-16/h3-5,7-12,18-19H,6,13-14H2,1-2H3/t18-,19-,22+/m0/s1. The summed E-state index contributed by atoms with van der Waals surface area (Å²) in [7, 11) is 1.60. The predicted molar refractivity (Wildman–Crippen MR) is 105 cm³/mol. The summed E-state index contributed by atoms with van der Waals surface area (Å²) in [6.45, 7) is 3.60. The maximum atomic E-state index is 13.6. The summed E-state index contributed by atoms with van der Waals surface area (Å²) in [6.07, 6.45) is 0.996. The van der Waals surface area contributed by atoms with Crippen molar-refractivity contribution < 1.29 is 14.3 Å². The van der Waals surface area contributed by atoms with E-state index in [0.29, 0.717) is 11.4 Å². The molecule has 6 nitrogen and oxygen atoms in total. The van der Waals surface area contributed by atoms with Crippen LogP contribution in [0.25, 0.3) is 0 Å². The zero-order chi connectivity index (χ0) is 19.5. The van der Waals surface area contributed by atoms with Gasteiger partial charge in [0.05, 0.1) is 24.8 Å². The second kappa shape index (κ2) is 6.15. The number of benzene rings is 2. The molecule has 0 radical (unpaired) electrons. The van der Waals surface area contributed by atoms with Crippen molar-refractivity contribution in [1.82, 2.24) is 10.0 Å². The van der Waals surface area contributed by atoms with Gasteiger partial charge in [-0.3, -0.25) is 9.59 Å². The molecule has 3 heterocycles. The molecule has 6 heteroatoms. The van der Waals surface area contributed by atoms with E-state index in [1.54, 1.807) is 31.4 Å². The summed E-state index contributed by atoms with van der Waals surface area (Å²) >= 11 is 0. The van der Waals surface area contributed by atoms with Crippen molar-refractivity contribution in [1.29, 1.82) is 0 Å². The molecule has 2 aromatic rings. The van der Waals surface area contributed by atoms with Crippen LogP contribution in [0.3, 0.4) is 0 Å². The summed E-state index contributed by atoms with van der Waals surface area (Å²) in [5, 5.41) is 4.38. The van der Waals surface area contributed by atoms with Crippen LogP contribution in [0.15, 0.2) is 54.6 Å². The third-order valence-electron chi connectivity index (χ3n) is 6.44. The van der Waals surface area contributed by atoms with E-state index < -0.39 is 11.5 Å². The van der Waals surface area contributed by atoms with Gasteiger partial charge in [-0.1, -0.05) is 30.3 Å². The van der Waals surface area contributed by atoms with Gasteiger partial charge < -0.3 is 4.74 Å². The Labute approximate surface area is 164 Å². The molecule has 0 saturated carbocycles. The summed E-state index contributed by atoms with van der Waals surface area (Å²) in [5.41, 5.74) is 0.832. The van der Waals surface area contributed by atoms with E-state index in [9.17, 15) is 9.59 Å². The highest BCUT2D eigenvalue weighted by atomic mass is 16.5. The smallest absolute Gasteiger partial charge is 0.256 e. The second-order valence-electron chi connectivity index (χ2n) is 7.80. The zero-order valence-corrected chi connectivity index (χ0v) is 16.0. The topological polar surface area (TPSA) is 53.1 Å². The Morgan fingerprint density at radius 2 is 1.71 bits per heavy atom. The summed E-state index contributed by atoms with van der Waals surface area (Å²) in [4.78, 5) is 28.6. The van der Waals surface area contributed by atoms with Crippen LogP contribution in [-0.4, -0.2) is 47.6 Å². The van der Waals surface area contributed by atoms with E-state index in [2.05, 4.69) is 22.2 Å². The molecule has 28 heavy (non-hydrogen) atoms. The predicted octanol–water partition coefficient (Wildman–Crippen LogP) is 2.62. The molecule has 0 bridgehead atoms. The van der Waals surface area contributed by atoms with Crippen LogP contribution < -0.4 is 9.64 Å². The number of anilines is 1. The fourth-order valence-corrected chi connectivity index (χ4v) is 5.13. The Balaban J connectivity index is 1.61. The molecule has 3 atom stereocenters. The largest absolute Gasteiger partial charge is 0.497 e. The van der Waals surface area contributed by atoms with Gasteiger partial charge in [0.15, 0.2) is 0 Å². The molecular formula is C22H23N3O3. The number of carbonyl (C=O) groups excluding carboxylic acids is 2. The molecular weight excluding hydrogens is 354 g/mol. The third-order valence-corrected chi connectivity index (χ3v) is 6.44. The lowest BCUT2D eigenvalue weighted by molar-refractivity contribution is -0.131. The summed E-state index contributed by atoms with van der Waals surface area (Å²) in [6, 6.07) is 17.1. The summed E-state index contributed by atoms with van der Waals surface area (Å²) in [5.74, 6) is 0.00542. The van der Waals surface area contributed by atoms with Crippen LogP contribution in [0.2, 0.25) is 0 Å². The molecule has 2 aromatic carbocycles. The molecule has 0 N–H and O–H groups in total. The first-order valence-corrected chi connectivity index (χ1v) is 9.69. The molecule has 0 unspecified atom stereocenters. The van der Waals surface area contributed by atoms with Crippen LogP contribution in [-0.2, 0) is 9.59 Å². The van der Waals surface area contributed by atoms with Gasteiger partial charge in [-0.2, -0.15) is 0 Å². The number of ether oxygens (including phenoxy) is 1. The maximum absolute atomic E-state index is 13.6. The number of nitrogens with zero attached hydrogens (tertiary/aromatic N) is 3. The van der Waals surface area contributed by atoms with E-state index in [4.69, 9.17) is 4.74 Å². The van der Waals surface area contributed by atoms with Gasteiger partial charge in [-0.15, -0.1) is 0 Å². The van der Waals surface area contributed by atoms with E-state index in [0.717, 1.165) is 25.1 Å². The highest BCUT2D eigenvalue weighted by Crippen LogP contribution is 2.54. The minimum absolute atomic E-state index is 0.117. The number of imide groups is 1. The monoisotopic (exact) mass is 377 g/mol. The molecule has 144 valence electrons. The van der Waals surface area contributed by atoms with Crippen LogP contribution in [0.5, 0.6) is 5.75 Å². The Morgan fingerprint density at radius 1 is 1.00 bits per heavy atom. The molecule has 0 aromatic heterocycles. The van der Waals surface area contributed by atoms with Gasteiger partial charge in [-0.05, 0) is 43.2 Å². The maximum Gasteiger partial charge on any atom is 0.256 e. The Kier molecular flexibility index (Phi) is 3.82. The number of fused-ring (bicyclic) bond motifs is 3. The first kappa shape index (κ1) is 17.4. The SMILES string of the molecule is COc1ccc(N2C(=O)[C@@H]3[C@H](c4ccccc4)N4CCCN4[C@@]3(C)C2=O)cc1. The number of hydrogen-bond acceptors (Lipinski definition) is 5. The minimum atomic E-state index is -0.853. The number of carbonyl (C=O) groups is 2. The normalized spacial score (nSPS) is 30.0. The molecule has 5 rings (SSSR count).